The highest BCUT2D eigenvalue weighted by molar-refractivity contribution is 5.27. The molecule has 17 heavy (non-hydrogen) atoms. The third-order valence-corrected chi connectivity index (χ3v) is 3.62. The summed E-state index contributed by atoms with van der Waals surface area (Å²) in [5.41, 5.74) is 2.71. The van der Waals surface area contributed by atoms with Gasteiger partial charge >= 0.3 is 0 Å². The van der Waals surface area contributed by atoms with Gasteiger partial charge in [-0.2, -0.15) is 0 Å². The molecule has 1 N–H and O–H groups in total. The van der Waals surface area contributed by atoms with Crippen LogP contribution in [0.2, 0.25) is 0 Å². The summed E-state index contributed by atoms with van der Waals surface area (Å²) in [5, 5.41) is 3.73. The first kappa shape index (κ1) is 12.6. The van der Waals surface area contributed by atoms with Crippen LogP contribution in [0.15, 0.2) is 18.3 Å². The van der Waals surface area contributed by atoms with Gasteiger partial charge in [-0.05, 0) is 50.2 Å². The Kier molecular flexibility index (Phi) is 4.16. The molecule has 2 rings (SSSR count). The molecule has 1 aliphatic carbocycles. The minimum Gasteiger partial charge on any atom is -0.306 e. The summed E-state index contributed by atoms with van der Waals surface area (Å²) in [6.45, 7) is 6.88. The Labute approximate surface area is 105 Å². The Bertz CT molecular complexity index is 360. The first-order chi connectivity index (χ1) is 8.16. The second-order valence-corrected chi connectivity index (χ2v) is 5.68. The molecular formula is C15H24N2. The number of nitrogens with zero attached hydrogens (tertiary/aromatic N) is 1. The topological polar surface area (TPSA) is 24.9 Å². The fourth-order valence-corrected chi connectivity index (χ4v) is 2.58. The van der Waals surface area contributed by atoms with Gasteiger partial charge in [0.15, 0.2) is 0 Å². The summed E-state index contributed by atoms with van der Waals surface area (Å²) in [5.74, 6) is 0.799. The summed E-state index contributed by atoms with van der Waals surface area (Å²) in [6, 6.07) is 5.33. The largest absolute Gasteiger partial charge is 0.306 e. The molecule has 0 saturated carbocycles. The standard InChI is InChI=1S/C15H24N2/c1-11(2)6-7-12(3)17-14-9-8-13-5-4-10-16-15(13)14/h4-5,10-12,14,17H,6-9H2,1-3H3. The van der Waals surface area contributed by atoms with Crippen LogP contribution < -0.4 is 5.32 Å². The van der Waals surface area contributed by atoms with Gasteiger partial charge in [-0.1, -0.05) is 19.9 Å². The van der Waals surface area contributed by atoms with Gasteiger partial charge in [0.1, 0.15) is 0 Å². The van der Waals surface area contributed by atoms with E-state index in [1.807, 2.05) is 12.3 Å². The summed E-state index contributed by atoms with van der Waals surface area (Å²) >= 11 is 0. The van der Waals surface area contributed by atoms with Crippen LogP contribution in [0.5, 0.6) is 0 Å². The molecule has 0 fully saturated rings. The minimum atomic E-state index is 0.480. The second kappa shape index (κ2) is 5.63. The third kappa shape index (κ3) is 3.29. The Morgan fingerprint density at radius 3 is 2.94 bits per heavy atom. The average molecular weight is 232 g/mol. The van der Waals surface area contributed by atoms with Crippen molar-refractivity contribution in [2.24, 2.45) is 5.92 Å². The molecule has 0 spiro atoms. The maximum atomic E-state index is 4.53. The van der Waals surface area contributed by atoms with E-state index in [4.69, 9.17) is 0 Å². The maximum Gasteiger partial charge on any atom is 0.0605 e. The lowest BCUT2D eigenvalue weighted by Gasteiger charge is -2.20. The number of rotatable bonds is 5. The van der Waals surface area contributed by atoms with Crippen LogP contribution >= 0.6 is 0 Å². The molecule has 2 nitrogen and oxygen atoms in total. The summed E-state index contributed by atoms with van der Waals surface area (Å²) in [6.07, 6.45) is 6.86. The number of aryl methyl sites for hydroxylation is 1. The van der Waals surface area contributed by atoms with Gasteiger partial charge in [0.2, 0.25) is 0 Å². The van der Waals surface area contributed by atoms with Crippen LogP contribution in [0.3, 0.4) is 0 Å². The number of fused-ring (bicyclic) bond motifs is 1. The van der Waals surface area contributed by atoms with E-state index in [1.165, 1.54) is 36.9 Å². The van der Waals surface area contributed by atoms with Crippen molar-refractivity contribution in [3.05, 3.63) is 29.6 Å². The molecule has 1 heterocycles. The molecule has 0 radical (unpaired) electrons. The fourth-order valence-electron chi connectivity index (χ4n) is 2.58. The molecule has 1 aromatic rings. The highest BCUT2D eigenvalue weighted by Gasteiger charge is 2.24. The predicted molar refractivity (Wildman–Crippen MR) is 72.0 cm³/mol. The molecule has 1 aromatic heterocycles. The van der Waals surface area contributed by atoms with Crippen molar-refractivity contribution in [1.29, 1.82) is 0 Å². The fraction of sp³-hybridized carbons (Fsp3) is 0.667. The van der Waals surface area contributed by atoms with Gasteiger partial charge < -0.3 is 5.32 Å². The first-order valence-electron chi connectivity index (χ1n) is 6.86. The molecule has 2 unspecified atom stereocenters. The van der Waals surface area contributed by atoms with Crippen molar-refractivity contribution in [1.82, 2.24) is 10.3 Å². The van der Waals surface area contributed by atoms with Crippen LogP contribution in [-0.4, -0.2) is 11.0 Å². The normalized spacial score (nSPS) is 20.6. The molecule has 0 aromatic carbocycles. The molecule has 0 saturated heterocycles. The Balaban J connectivity index is 1.88. The first-order valence-corrected chi connectivity index (χ1v) is 6.86. The number of hydrogen-bond acceptors (Lipinski definition) is 2. The monoisotopic (exact) mass is 232 g/mol. The molecule has 2 atom stereocenters. The van der Waals surface area contributed by atoms with E-state index in [0.717, 1.165) is 5.92 Å². The average Bonchev–Trinajstić information content (AvgIpc) is 2.70. The van der Waals surface area contributed by atoms with Crippen molar-refractivity contribution >= 4 is 0 Å². The van der Waals surface area contributed by atoms with Crippen LogP contribution in [0.4, 0.5) is 0 Å². The van der Waals surface area contributed by atoms with Gasteiger partial charge in [0.25, 0.3) is 0 Å². The molecule has 0 aliphatic heterocycles. The van der Waals surface area contributed by atoms with Crippen molar-refractivity contribution in [2.75, 3.05) is 0 Å². The van der Waals surface area contributed by atoms with Crippen molar-refractivity contribution in [3.63, 3.8) is 0 Å². The smallest absolute Gasteiger partial charge is 0.0605 e. The number of nitrogens with one attached hydrogen (secondary N) is 1. The number of aromatic nitrogens is 1. The van der Waals surface area contributed by atoms with Crippen molar-refractivity contribution < 1.29 is 0 Å². The highest BCUT2D eigenvalue weighted by atomic mass is 15.0. The van der Waals surface area contributed by atoms with E-state index < -0.39 is 0 Å². The lowest BCUT2D eigenvalue weighted by Crippen LogP contribution is -2.30. The Morgan fingerprint density at radius 2 is 2.18 bits per heavy atom. The SMILES string of the molecule is CC(C)CCC(C)NC1CCc2cccnc21. The lowest BCUT2D eigenvalue weighted by atomic mass is 10.0. The van der Waals surface area contributed by atoms with Crippen LogP contribution in [-0.2, 0) is 6.42 Å². The molecular weight excluding hydrogens is 208 g/mol. The number of hydrogen-bond donors (Lipinski definition) is 1. The van der Waals surface area contributed by atoms with Crippen LogP contribution in [0, 0.1) is 5.92 Å². The lowest BCUT2D eigenvalue weighted by molar-refractivity contribution is 0.399. The summed E-state index contributed by atoms with van der Waals surface area (Å²) in [7, 11) is 0. The van der Waals surface area contributed by atoms with E-state index in [-0.39, 0.29) is 0 Å². The maximum absolute atomic E-state index is 4.53. The predicted octanol–water partition coefficient (Wildman–Crippen LogP) is 3.48. The zero-order valence-corrected chi connectivity index (χ0v) is 11.2. The summed E-state index contributed by atoms with van der Waals surface area (Å²) < 4.78 is 0. The highest BCUT2D eigenvalue weighted by Crippen LogP contribution is 2.29. The van der Waals surface area contributed by atoms with Gasteiger partial charge in [0.05, 0.1) is 11.7 Å². The van der Waals surface area contributed by atoms with E-state index in [1.54, 1.807) is 0 Å². The molecule has 94 valence electrons. The van der Waals surface area contributed by atoms with Crippen LogP contribution in [0.25, 0.3) is 0 Å². The zero-order chi connectivity index (χ0) is 12.3. The molecule has 0 amide bonds. The quantitative estimate of drug-likeness (QED) is 0.840. The second-order valence-electron chi connectivity index (χ2n) is 5.68. The molecule has 0 bridgehead atoms. The van der Waals surface area contributed by atoms with Gasteiger partial charge in [-0.25, -0.2) is 0 Å². The van der Waals surface area contributed by atoms with Gasteiger partial charge in [0, 0.05) is 12.2 Å². The third-order valence-electron chi connectivity index (χ3n) is 3.62. The van der Waals surface area contributed by atoms with Gasteiger partial charge in [-0.15, -0.1) is 0 Å². The van der Waals surface area contributed by atoms with Gasteiger partial charge in [-0.3, -0.25) is 4.98 Å². The van der Waals surface area contributed by atoms with Crippen molar-refractivity contribution in [3.8, 4) is 0 Å². The minimum absolute atomic E-state index is 0.480. The number of pyridine rings is 1. The van der Waals surface area contributed by atoms with E-state index in [0.29, 0.717) is 12.1 Å². The molecule has 2 heteroatoms. The van der Waals surface area contributed by atoms with Crippen molar-refractivity contribution in [2.45, 2.75) is 58.5 Å². The summed E-state index contributed by atoms with van der Waals surface area (Å²) in [4.78, 5) is 4.53. The van der Waals surface area contributed by atoms with E-state index in [9.17, 15) is 0 Å². The molecule has 1 aliphatic rings. The van der Waals surface area contributed by atoms with Crippen LogP contribution in [0.1, 0.15) is 57.3 Å². The Hall–Kier alpha value is -0.890. The van der Waals surface area contributed by atoms with E-state index in [2.05, 4.69) is 37.1 Å². The van der Waals surface area contributed by atoms with E-state index >= 15 is 0 Å². The zero-order valence-electron chi connectivity index (χ0n) is 11.2. The Morgan fingerprint density at radius 1 is 1.35 bits per heavy atom.